The molecular weight excluding hydrogens is 478 g/mol. The molecule has 1 aromatic carbocycles. The molecule has 0 amide bonds. The van der Waals surface area contributed by atoms with Crippen molar-refractivity contribution >= 4 is 11.9 Å². The van der Waals surface area contributed by atoms with Crippen molar-refractivity contribution in [3.63, 3.8) is 0 Å². The Balaban J connectivity index is 1.42. The second-order valence-corrected chi connectivity index (χ2v) is 14.7. The monoisotopic (exact) mass is 529 g/mol. The van der Waals surface area contributed by atoms with Crippen LogP contribution in [-0.2, 0) is 4.74 Å². The van der Waals surface area contributed by atoms with E-state index in [2.05, 4.69) is 85.0 Å². The normalized spacial score (nSPS) is 38.1. The molecular formula is C30H51N5OS. The second-order valence-electron chi connectivity index (χ2n) is 13.6. The van der Waals surface area contributed by atoms with Crippen LogP contribution in [0.5, 0.6) is 0 Å². The zero-order valence-corrected chi connectivity index (χ0v) is 24.9. The standard InChI is InChI=1S/C30H51N5OS/c1-20-9-7-10-21(2)28(20)26-14-27-32-29(31-26)33-37-25-12-8-11-22(13-25)16-35-19-24(36-27)18-34(6)17-23(35)15-30(3,4)5/h7,9-10,22-27,29,31-33H,8,11-19H2,1-6H3/t22?,23-,24+,25?,26?,27?,29?/m0/s1. The molecule has 4 fully saturated rings. The molecule has 5 rings (SSSR count). The van der Waals surface area contributed by atoms with Crippen molar-refractivity contribution in [1.82, 2.24) is 25.2 Å². The van der Waals surface area contributed by atoms with Crippen molar-refractivity contribution in [3.05, 3.63) is 34.9 Å². The van der Waals surface area contributed by atoms with Gasteiger partial charge in [0.05, 0.1) is 6.10 Å². The van der Waals surface area contributed by atoms with Crippen molar-refractivity contribution < 1.29 is 4.74 Å². The van der Waals surface area contributed by atoms with E-state index in [0.717, 1.165) is 32.0 Å². The molecule has 3 N–H and O–H groups in total. The minimum atomic E-state index is 0.0166. The highest BCUT2D eigenvalue weighted by Gasteiger charge is 2.38. The molecule has 1 saturated carbocycles. The average molecular weight is 530 g/mol. The predicted octanol–water partition coefficient (Wildman–Crippen LogP) is 4.78. The number of ether oxygens (including phenoxy) is 1. The van der Waals surface area contributed by atoms with Crippen LogP contribution in [0.2, 0.25) is 0 Å². The van der Waals surface area contributed by atoms with E-state index in [1.165, 1.54) is 55.3 Å². The number of hydrogen-bond donors (Lipinski definition) is 3. The lowest BCUT2D eigenvalue weighted by Gasteiger charge is -2.40. The summed E-state index contributed by atoms with van der Waals surface area (Å²) in [7, 11) is 2.30. The first-order valence-corrected chi connectivity index (χ1v) is 15.6. The van der Waals surface area contributed by atoms with Gasteiger partial charge in [0.15, 0.2) is 0 Å². The molecule has 3 heterocycles. The van der Waals surface area contributed by atoms with Crippen LogP contribution in [0.1, 0.15) is 82.0 Å². The minimum Gasteiger partial charge on any atom is -0.357 e. The molecule has 6 unspecified atom stereocenters. The highest BCUT2D eigenvalue weighted by atomic mass is 32.2. The first kappa shape index (κ1) is 27.9. The van der Waals surface area contributed by atoms with E-state index >= 15 is 0 Å². The van der Waals surface area contributed by atoms with Gasteiger partial charge in [-0.3, -0.25) is 15.5 Å². The third-order valence-electron chi connectivity index (χ3n) is 8.84. The van der Waals surface area contributed by atoms with Gasteiger partial charge in [0.2, 0.25) is 0 Å². The molecule has 3 aliphatic heterocycles. The van der Waals surface area contributed by atoms with E-state index in [1.807, 2.05) is 11.9 Å². The van der Waals surface area contributed by atoms with Crippen LogP contribution < -0.4 is 15.4 Å². The van der Waals surface area contributed by atoms with Crippen LogP contribution in [0.15, 0.2) is 18.2 Å². The third-order valence-corrected chi connectivity index (χ3v) is 9.97. The van der Waals surface area contributed by atoms with Crippen LogP contribution in [0.3, 0.4) is 0 Å². The Hall–Kier alpha value is -0.670. The highest BCUT2D eigenvalue weighted by molar-refractivity contribution is 7.98. The molecule has 4 aliphatic rings. The fourth-order valence-electron chi connectivity index (χ4n) is 7.35. The highest BCUT2D eigenvalue weighted by Crippen LogP contribution is 2.35. The number of likely N-dealkylation sites (N-methyl/N-ethyl adjacent to an activating group) is 1. The summed E-state index contributed by atoms with van der Waals surface area (Å²) >= 11 is 1.96. The van der Waals surface area contributed by atoms with Crippen LogP contribution in [-0.4, -0.2) is 72.9 Å². The quantitative estimate of drug-likeness (QED) is 0.477. The fourth-order valence-corrected chi connectivity index (χ4v) is 8.46. The van der Waals surface area contributed by atoms with Crippen LogP contribution in [0.4, 0.5) is 0 Å². The van der Waals surface area contributed by atoms with Crippen LogP contribution in [0, 0.1) is 25.2 Å². The van der Waals surface area contributed by atoms with Gasteiger partial charge in [0.25, 0.3) is 0 Å². The Morgan fingerprint density at radius 3 is 2.54 bits per heavy atom. The average Bonchev–Trinajstić information content (AvgIpc) is 2.93. The second kappa shape index (κ2) is 11.8. The zero-order chi connectivity index (χ0) is 26.2. The number of rotatable bonds is 2. The van der Waals surface area contributed by atoms with E-state index < -0.39 is 0 Å². The van der Waals surface area contributed by atoms with E-state index in [0.29, 0.717) is 16.7 Å². The Morgan fingerprint density at radius 1 is 1.00 bits per heavy atom. The Morgan fingerprint density at radius 2 is 1.78 bits per heavy atom. The van der Waals surface area contributed by atoms with Gasteiger partial charge >= 0.3 is 0 Å². The molecule has 3 saturated heterocycles. The Labute approximate surface area is 230 Å². The van der Waals surface area contributed by atoms with Gasteiger partial charge in [-0.15, -0.1) is 0 Å². The fraction of sp³-hybridized carbons (Fsp3) is 0.800. The van der Waals surface area contributed by atoms with E-state index in [1.54, 1.807) is 0 Å². The van der Waals surface area contributed by atoms with Gasteiger partial charge in [0, 0.05) is 49.9 Å². The third kappa shape index (κ3) is 7.30. The molecule has 6 bridgehead atoms. The molecule has 8 atom stereocenters. The van der Waals surface area contributed by atoms with E-state index in [4.69, 9.17) is 4.74 Å². The van der Waals surface area contributed by atoms with Gasteiger partial charge in [-0.25, -0.2) is 4.72 Å². The molecule has 1 aromatic rings. The summed E-state index contributed by atoms with van der Waals surface area (Å²) in [6.07, 6.45) is 7.77. The number of nitrogens with zero attached hydrogens (tertiary/aromatic N) is 2. The summed E-state index contributed by atoms with van der Waals surface area (Å²) in [5, 5.41) is 8.36. The van der Waals surface area contributed by atoms with Crippen molar-refractivity contribution in [2.75, 3.05) is 33.2 Å². The molecule has 7 heteroatoms. The smallest absolute Gasteiger partial charge is 0.123 e. The first-order chi connectivity index (χ1) is 17.6. The predicted molar refractivity (Wildman–Crippen MR) is 155 cm³/mol. The van der Waals surface area contributed by atoms with Crippen molar-refractivity contribution in [1.29, 1.82) is 0 Å². The topological polar surface area (TPSA) is 51.8 Å². The Kier molecular flexibility index (Phi) is 8.91. The molecule has 0 spiro atoms. The maximum Gasteiger partial charge on any atom is 0.123 e. The molecule has 0 radical (unpaired) electrons. The van der Waals surface area contributed by atoms with Crippen LogP contribution >= 0.6 is 11.9 Å². The SMILES string of the molecule is Cc1cccc(C)c1C1CC2NC(NSC3CCCC(C3)CN3C[C@@H](CN(C)C[C@@H]3CC(C)(C)C)O2)N1. The van der Waals surface area contributed by atoms with Gasteiger partial charge in [-0.2, -0.15) is 0 Å². The first-order valence-electron chi connectivity index (χ1n) is 14.7. The number of fused-ring (bicyclic) bond motifs is 6. The lowest BCUT2D eigenvalue weighted by molar-refractivity contribution is -0.0761. The van der Waals surface area contributed by atoms with Crippen molar-refractivity contribution in [2.24, 2.45) is 11.3 Å². The molecule has 208 valence electrons. The number of nitrogens with one attached hydrogen (secondary N) is 3. The molecule has 37 heavy (non-hydrogen) atoms. The summed E-state index contributed by atoms with van der Waals surface area (Å²) in [5.41, 5.74) is 4.48. The number of aryl methyl sites for hydroxylation is 2. The molecule has 0 aromatic heterocycles. The van der Waals surface area contributed by atoms with Crippen molar-refractivity contribution in [2.45, 2.75) is 109 Å². The zero-order valence-electron chi connectivity index (χ0n) is 24.1. The number of benzene rings is 1. The van der Waals surface area contributed by atoms with E-state index in [9.17, 15) is 0 Å². The summed E-state index contributed by atoms with van der Waals surface area (Å²) < 4.78 is 10.8. The van der Waals surface area contributed by atoms with Gasteiger partial charge in [0.1, 0.15) is 12.5 Å². The number of hydrogen-bond acceptors (Lipinski definition) is 7. The Bertz CT molecular complexity index is 886. The summed E-state index contributed by atoms with van der Waals surface area (Å²) in [5.74, 6) is 0.781. The molecule has 1 aliphatic carbocycles. The van der Waals surface area contributed by atoms with Gasteiger partial charge < -0.3 is 9.64 Å². The maximum absolute atomic E-state index is 6.99. The van der Waals surface area contributed by atoms with Crippen molar-refractivity contribution in [3.8, 4) is 0 Å². The summed E-state index contributed by atoms with van der Waals surface area (Å²) in [6, 6.07) is 7.52. The van der Waals surface area contributed by atoms with Gasteiger partial charge in [-0.05, 0) is 74.6 Å². The molecule has 6 nitrogen and oxygen atoms in total. The summed E-state index contributed by atoms with van der Waals surface area (Å²) in [4.78, 5) is 5.37. The largest absolute Gasteiger partial charge is 0.357 e. The van der Waals surface area contributed by atoms with Crippen LogP contribution in [0.25, 0.3) is 0 Å². The maximum atomic E-state index is 6.99. The minimum absolute atomic E-state index is 0.0166. The lowest BCUT2D eigenvalue weighted by Crippen LogP contribution is -2.61. The van der Waals surface area contributed by atoms with Gasteiger partial charge in [-0.1, -0.05) is 57.3 Å². The summed E-state index contributed by atoms with van der Waals surface area (Å²) in [6.45, 7) is 16.1. The van der Waals surface area contributed by atoms with E-state index in [-0.39, 0.29) is 24.7 Å². The lowest BCUT2D eigenvalue weighted by atomic mass is 9.85.